The minimum Gasteiger partial charge on any atom is -0.147 e. The van der Waals surface area contributed by atoms with Gasteiger partial charge in [-0.05, 0) is 0 Å². The molecule has 4 aromatic carbocycles. The molecule has 0 amide bonds. The van der Waals surface area contributed by atoms with Crippen LogP contribution in [0.2, 0.25) is 0 Å². The van der Waals surface area contributed by atoms with Crippen LogP contribution in [0.4, 0.5) is 11.4 Å². The van der Waals surface area contributed by atoms with Crippen molar-refractivity contribution in [2.75, 3.05) is 36.0 Å². The van der Waals surface area contributed by atoms with Gasteiger partial charge in [-0.1, -0.05) is 0 Å². The third kappa shape index (κ3) is 6.35. The average Bonchev–Trinajstić information content (AvgIpc) is 3.69. The number of fused-ring (bicyclic) bond motifs is 3. The van der Waals surface area contributed by atoms with Gasteiger partial charge < -0.3 is 0 Å². The van der Waals surface area contributed by atoms with Gasteiger partial charge in [0.05, 0.1) is 0 Å². The zero-order valence-electron chi connectivity index (χ0n) is 26.3. The van der Waals surface area contributed by atoms with Crippen molar-refractivity contribution >= 4 is 39.4 Å². The molecule has 1 atom stereocenters. The average molecular weight is 703 g/mol. The van der Waals surface area contributed by atoms with Crippen LogP contribution in [0, 0.1) is 0 Å². The maximum absolute atomic E-state index is 2.69. The summed E-state index contributed by atoms with van der Waals surface area (Å²) in [6.45, 7) is 13.2. The first-order chi connectivity index (χ1) is 20.7. The third-order valence-electron chi connectivity index (χ3n) is 9.03. The molecule has 0 bridgehead atoms. The number of benzene rings is 4. The van der Waals surface area contributed by atoms with E-state index in [1.54, 1.807) is 12.1 Å². The number of halogens is 2. The fraction of sp³-hybridized carbons (Fsp3) is 0.256. The minimum absolute atomic E-state index is 0. The van der Waals surface area contributed by atoms with Crippen molar-refractivity contribution in [2.24, 2.45) is 0 Å². The number of anilines is 2. The Kier molecular flexibility index (Phi) is 12.1. The summed E-state index contributed by atoms with van der Waals surface area (Å²) >= 11 is -2.69. The molecule has 0 N–H and O–H groups in total. The topological polar surface area (TPSA) is 6.48 Å². The van der Waals surface area contributed by atoms with E-state index in [0.29, 0.717) is 3.63 Å². The Morgan fingerprint density at radius 3 is 1.84 bits per heavy atom. The van der Waals surface area contributed by atoms with Crippen LogP contribution in [-0.2, 0) is 21.3 Å². The van der Waals surface area contributed by atoms with Crippen LogP contribution >= 0.6 is 24.8 Å². The molecule has 4 aromatic rings. The summed E-state index contributed by atoms with van der Waals surface area (Å²) in [4.78, 5) is 5.05. The van der Waals surface area contributed by atoms with E-state index in [1.165, 1.54) is 39.2 Å². The molecule has 0 aliphatic heterocycles. The molecule has 228 valence electrons. The van der Waals surface area contributed by atoms with Crippen LogP contribution < -0.4 is 9.80 Å². The van der Waals surface area contributed by atoms with Crippen LogP contribution in [0.15, 0.2) is 119 Å². The normalized spacial score (nSPS) is 14.1. The molecule has 0 radical (unpaired) electrons. The summed E-state index contributed by atoms with van der Waals surface area (Å²) in [5.74, 6) is 0. The predicted molar refractivity (Wildman–Crippen MR) is 193 cm³/mol. The van der Waals surface area contributed by atoms with E-state index in [4.69, 9.17) is 0 Å². The Morgan fingerprint density at radius 1 is 0.682 bits per heavy atom. The molecular formula is C39H44Cl2N2Zr. The molecular weight excluding hydrogens is 659 g/mol. The molecule has 2 aliphatic rings. The monoisotopic (exact) mass is 700 g/mol. The maximum atomic E-state index is 2.57. The molecule has 0 aromatic heterocycles. The fourth-order valence-corrected chi connectivity index (χ4v) is 16.0. The van der Waals surface area contributed by atoms with Crippen LogP contribution in [0.1, 0.15) is 60.0 Å². The first kappa shape index (κ1) is 34.2. The summed E-state index contributed by atoms with van der Waals surface area (Å²) in [7, 11) is 0. The molecule has 0 saturated carbocycles. The van der Waals surface area contributed by atoms with Crippen molar-refractivity contribution in [3.8, 4) is 11.1 Å². The predicted octanol–water partition coefficient (Wildman–Crippen LogP) is 10.0. The second kappa shape index (κ2) is 15.5. The summed E-state index contributed by atoms with van der Waals surface area (Å²) < 4.78 is 3.70. The van der Waals surface area contributed by atoms with Gasteiger partial charge in [0.25, 0.3) is 0 Å². The van der Waals surface area contributed by atoms with Crippen molar-refractivity contribution in [1.29, 1.82) is 0 Å². The number of allylic oxidation sites excluding steroid dienone is 4. The van der Waals surface area contributed by atoms with Crippen LogP contribution in [-0.4, -0.2) is 29.4 Å². The zero-order valence-corrected chi connectivity index (χ0v) is 30.4. The minimum atomic E-state index is -2.69. The maximum Gasteiger partial charge on any atom is -0.147 e. The van der Waals surface area contributed by atoms with E-state index < -0.39 is 21.3 Å². The third-order valence-corrected chi connectivity index (χ3v) is 17.3. The Bertz CT molecular complexity index is 1610. The van der Waals surface area contributed by atoms with E-state index in [2.05, 4.69) is 153 Å². The molecule has 6 rings (SSSR count). The van der Waals surface area contributed by atoms with Gasteiger partial charge in [0.2, 0.25) is 0 Å². The van der Waals surface area contributed by atoms with Crippen molar-refractivity contribution < 1.29 is 21.3 Å². The van der Waals surface area contributed by atoms with Crippen molar-refractivity contribution in [2.45, 2.75) is 37.7 Å². The Hall–Kier alpha value is -2.71. The smallest absolute Gasteiger partial charge is 0.147 e. The first-order valence-corrected chi connectivity index (χ1v) is 19.6. The molecule has 0 saturated heterocycles. The SMILES string of the molecule is CCN(CC)c1ccc2c(c1)[CH]([Zr]([C]1=CC=CC1)=[C](c1ccccc1)c1ccccc1)c1cccc(N(CC)CC)c1-2.Cl.Cl. The second-order valence-electron chi connectivity index (χ2n) is 11.1. The Morgan fingerprint density at radius 2 is 1.30 bits per heavy atom. The van der Waals surface area contributed by atoms with Gasteiger partial charge in [0, 0.05) is 0 Å². The summed E-state index contributed by atoms with van der Waals surface area (Å²) in [6.07, 6.45) is 8.23. The van der Waals surface area contributed by atoms with E-state index in [-0.39, 0.29) is 24.8 Å². The number of hydrogen-bond donors (Lipinski definition) is 0. The van der Waals surface area contributed by atoms with E-state index in [9.17, 15) is 0 Å². The molecule has 2 nitrogen and oxygen atoms in total. The van der Waals surface area contributed by atoms with Gasteiger partial charge in [0.1, 0.15) is 0 Å². The second-order valence-corrected chi connectivity index (χ2v) is 17.4. The molecule has 0 heterocycles. The van der Waals surface area contributed by atoms with Gasteiger partial charge in [-0.25, -0.2) is 0 Å². The van der Waals surface area contributed by atoms with Gasteiger partial charge in [-0.15, -0.1) is 24.8 Å². The fourth-order valence-electron chi connectivity index (χ4n) is 7.02. The van der Waals surface area contributed by atoms with Crippen molar-refractivity contribution in [3.63, 3.8) is 0 Å². The van der Waals surface area contributed by atoms with Gasteiger partial charge in [-0.2, -0.15) is 0 Å². The van der Waals surface area contributed by atoms with Crippen LogP contribution in [0.5, 0.6) is 0 Å². The standard InChI is InChI=1S/C21H27N2.C13H10.C5H5.2ClH.Zr/c1-5-22(6-2)18-12-13-19-17(15-18)14-16-10-9-11-20(21(16)19)23(7-3)8-4;1-3-7-12(8-4-1)11-13-9-5-2-6-10-13;1-2-4-5-3-1;;;/h9-15H,5-8H2,1-4H3;1-10H;1-3H,4H2;2*1H;. The van der Waals surface area contributed by atoms with Crippen molar-refractivity contribution in [3.05, 3.63) is 141 Å². The molecule has 0 fully saturated rings. The van der Waals surface area contributed by atoms with Crippen LogP contribution in [0.25, 0.3) is 11.1 Å². The Balaban J connectivity index is 0.00000221. The summed E-state index contributed by atoms with van der Waals surface area (Å²) in [6, 6.07) is 37.1. The quantitative estimate of drug-likeness (QED) is 0.162. The van der Waals surface area contributed by atoms with Crippen LogP contribution in [0.3, 0.4) is 0 Å². The van der Waals surface area contributed by atoms with Gasteiger partial charge in [0.15, 0.2) is 0 Å². The van der Waals surface area contributed by atoms with Crippen molar-refractivity contribution in [1.82, 2.24) is 0 Å². The zero-order chi connectivity index (χ0) is 29.1. The van der Waals surface area contributed by atoms with Gasteiger partial charge in [-0.3, -0.25) is 0 Å². The molecule has 5 heteroatoms. The van der Waals surface area contributed by atoms with E-state index >= 15 is 0 Å². The Labute approximate surface area is 284 Å². The summed E-state index contributed by atoms with van der Waals surface area (Å²) in [5.41, 5.74) is 11.5. The summed E-state index contributed by atoms with van der Waals surface area (Å²) in [5, 5.41) is 0. The molecule has 0 spiro atoms. The molecule has 2 aliphatic carbocycles. The first-order valence-electron chi connectivity index (χ1n) is 15.7. The number of nitrogens with zero attached hydrogens (tertiary/aromatic N) is 2. The number of hydrogen-bond acceptors (Lipinski definition) is 2. The van der Waals surface area contributed by atoms with E-state index in [0.717, 1.165) is 32.6 Å². The molecule has 1 unspecified atom stereocenters. The largest absolute Gasteiger partial charge is 0.147 e. The van der Waals surface area contributed by atoms with Gasteiger partial charge >= 0.3 is 262 Å². The van der Waals surface area contributed by atoms with E-state index in [1.807, 2.05) is 0 Å². The number of rotatable bonds is 10. The molecule has 44 heavy (non-hydrogen) atoms.